The molecule has 0 fully saturated rings. The van der Waals surface area contributed by atoms with Gasteiger partial charge in [0.2, 0.25) is 0 Å². The van der Waals surface area contributed by atoms with Gasteiger partial charge in [-0.3, -0.25) is 4.79 Å². The van der Waals surface area contributed by atoms with E-state index in [9.17, 15) is 4.79 Å². The van der Waals surface area contributed by atoms with Crippen molar-refractivity contribution in [1.82, 2.24) is 20.0 Å². The van der Waals surface area contributed by atoms with Crippen LogP contribution < -0.4 is 5.43 Å². The number of hydrogen-bond acceptors (Lipinski definition) is 5. The zero-order chi connectivity index (χ0) is 19.2. The summed E-state index contributed by atoms with van der Waals surface area (Å²) in [6.45, 7) is 4.07. The van der Waals surface area contributed by atoms with Crippen LogP contribution in [0.1, 0.15) is 17.0 Å². The Hall–Kier alpha value is -2.45. The van der Waals surface area contributed by atoms with E-state index in [1.807, 2.05) is 32.0 Å². The highest BCUT2D eigenvalue weighted by molar-refractivity contribution is 9.10. The Kier molecular flexibility index (Phi) is 6.41. The van der Waals surface area contributed by atoms with Gasteiger partial charge in [-0.2, -0.15) is 5.10 Å². The minimum Gasteiger partial charge on any atom is -0.318 e. The van der Waals surface area contributed by atoms with E-state index in [4.69, 9.17) is 0 Å². The third-order valence-electron chi connectivity index (χ3n) is 3.80. The number of nitrogens with zero attached hydrogens (tertiary/aromatic N) is 4. The van der Waals surface area contributed by atoms with Crippen molar-refractivity contribution in [2.24, 2.45) is 5.10 Å². The number of aromatic nitrogens is 3. The van der Waals surface area contributed by atoms with E-state index in [0.29, 0.717) is 5.16 Å². The molecule has 3 aromatic rings. The van der Waals surface area contributed by atoms with Gasteiger partial charge in [-0.15, -0.1) is 0 Å². The summed E-state index contributed by atoms with van der Waals surface area (Å²) < 4.78 is 3.17. The van der Waals surface area contributed by atoms with Crippen LogP contribution in [0, 0.1) is 13.8 Å². The molecule has 2 heterocycles. The molecule has 6 nitrogen and oxygen atoms in total. The predicted molar refractivity (Wildman–Crippen MR) is 111 cm³/mol. The van der Waals surface area contributed by atoms with Crippen molar-refractivity contribution in [3.63, 3.8) is 0 Å². The fourth-order valence-electron chi connectivity index (χ4n) is 2.63. The summed E-state index contributed by atoms with van der Waals surface area (Å²) in [5.41, 5.74) is 6.71. The number of thioether (sulfide) groups is 1. The van der Waals surface area contributed by atoms with Crippen LogP contribution in [0.25, 0.3) is 5.69 Å². The first kappa shape index (κ1) is 19.3. The Morgan fingerprint density at radius 2 is 2.04 bits per heavy atom. The molecule has 1 N–H and O–H groups in total. The molecule has 0 atom stereocenters. The smallest absolute Gasteiger partial charge is 0.250 e. The normalized spacial score (nSPS) is 11.1. The van der Waals surface area contributed by atoms with Gasteiger partial charge in [0, 0.05) is 39.5 Å². The molecule has 0 saturated heterocycles. The molecule has 27 heavy (non-hydrogen) atoms. The molecule has 3 rings (SSSR count). The molecule has 0 spiro atoms. The van der Waals surface area contributed by atoms with Crippen LogP contribution in [0.4, 0.5) is 0 Å². The van der Waals surface area contributed by atoms with Gasteiger partial charge in [0.1, 0.15) is 0 Å². The van der Waals surface area contributed by atoms with Crippen molar-refractivity contribution in [3.05, 3.63) is 70.2 Å². The predicted octanol–water partition coefficient (Wildman–Crippen LogP) is 3.89. The van der Waals surface area contributed by atoms with E-state index in [1.165, 1.54) is 11.8 Å². The van der Waals surface area contributed by atoms with Crippen LogP contribution in [0.3, 0.4) is 0 Å². The van der Waals surface area contributed by atoms with Gasteiger partial charge in [-0.25, -0.2) is 15.4 Å². The molecule has 1 aromatic carbocycles. The zero-order valence-corrected chi connectivity index (χ0v) is 17.3. The number of carbonyl (C=O) groups is 1. The average molecular weight is 444 g/mol. The lowest BCUT2D eigenvalue weighted by atomic mass is 10.2. The molecular formula is C19H18BrN5OS. The second kappa shape index (κ2) is 8.96. The summed E-state index contributed by atoms with van der Waals surface area (Å²) in [4.78, 5) is 20.0. The first-order chi connectivity index (χ1) is 13.0. The molecule has 0 saturated carbocycles. The van der Waals surface area contributed by atoms with Crippen molar-refractivity contribution in [2.75, 3.05) is 5.75 Å². The molecule has 8 heteroatoms. The van der Waals surface area contributed by atoms with Gasteiger partial charge in [0.05, 0.1) is 12.0 Å². The van der Waals surface area contributed by atoms with Crippen molar-refractivity contribution in [2.45, 2.75) is 19.0 Å². The number of benzene rings is 1. The van der Waals surface area contributed by atoms with Crippen LogP contribution in [0.2, 0.25) is 0 Å². The lowest BCUT2D eigenvalue weighted by Gasteiger charge is -2.09. The number of amides is 1. The molecular weight excluding hydrogens is 426 g/mol. The first-order valence-electron chi connectivity index (χ1n) is 8.21. The van der Waals surface area contributed by atoms with Crippen molar-refractivity contribution in [1.29, 1.82) is 0 Å². The molecule has 138 valence electrons. The maximum atomic E-state index is 11.9. The summed E-state index contributed by atoms with van der Waals surface area (Å²) in [7, 11) is 0. The van der Waals surface area contributed by atoms with Crippen LogP contribution in [0.15, 0.2) is 63.5 Å². The summed E-state index contributed by atoms with van der Waals surface area (Å²) in [6.07, 6.45) is 4.96. The van der Waals surface area contributed by atoms with E-state index < -0.39 is 0 Å². The van der Waals surface area contributed by atoms with Crippen molar-refractivity contribution >= 4 is 39.8 Å². The summed E-state index contributed by atoms with van der Waals surface area (Å²) >= 11 is 4.77. The van der Waals surface area contributed by atoms with E-state index >= 15 is 0 Å². The quantitative estimate of drug-likeness (QED) is 0.271. The van der Waals surface area contributed by atoms with Crippen LogP contribution in [0.5, 0.6) is 0 Å². The molecule has 0 aliphatic carbocycles. The van der Waals surface area contributed by atoms with E-state index in [-0.39, 0.29) is 11.7 Å². The SMILES string of the molecule is Cc1cc(/C=N\NC(=O)CSc2ncccn2)c(C)n1-c1cccc(Br)c1. The van der Waals surface area contributed by atoms with E-state index in [1.54, 1.807) is 24.7 Å². The van der Waals surface area contributed by atoms with Gasteiger partial charge in [-0.05, 0) is 44.2 Å². The standard InChI is InChI=1S/C19H18BrN5OS/c1-13-9-15(14(2)25(13)17-6-3-5-16(20)10-17)11-23-24-18(26)12-27-19-21-7-4-8-22-19/h3-11H,12H2,1-2H3,(H,24,26)/b23-11-. The Bertz CT molecular complexity index is 971. The van der Waals surface area contributed by atoms with Crippen LogP contribution >= 0.6 is 27.7 Å². The number of carbonyl (C=O) groups excluding carboxylic acids is 1. The highest BCUT2D eigenvalue weighted by atomic mass is 79.9. The maximum absolute atomic E-state index is 11.9. The maximum Gasteiger partial charge on any atom is 0.250 e. The Morgan fingerprint density at radius 3 is 2.78 bits per heavy atom. The first-order valence-corrected chi connectivity index (χ1v) is 9.99. The Balaban J connectivity index is 1.64. The van der Waals surface area contributed by atoms with E-state index in [0.717, 1.165) is 27.1 Å². The van der Waals surface area contributed by atoms with Gasteiger partial charge in [-0.1, -0.05) is 33.8 Å². The zero-order valence-electron chi connectivity index (χ0n) is 14.9. The highest BCUT2D eigenvalue weighted by Gasteiger charge is 2.10. The highest BCUT2D eigenvalue weighted by Crippen LogP contribution is 2.22. The molecule has 0 radical (unpaired) electrons. The molecule has 2 aromatic heterocycles. The van der Waals surface area contributed by atoms with Crippen molar-refractivity contribution < 1.29 is 4.79 Å². The monoisotopic (exact) mass is 443 g/mol. The summed E-state index contributed by atoms with van der Waals surface area (Å²) in [5.74, 6) is 0.00260. The summed E-state index contributed by atoms with van der Waals surface area (Å²) in [6, 6.07) is 11.9. The number of halogens is 1. The fourth-order valence-corrected chi connectivity index (χ4v) is 3.61. The third-order valence-corrected chi connectivity index (χ3v) is 5.17. The number of aryl methyl sites for hydroxylation is 1. The number of hydrogen-bond donors (Lipinski definition) is 1. The van der Waals surface area contributed by atoms with Gasteiger partial charge >= 0.3 is 0 Å². The topological polar surface area (TPSA) is 72.2 Å². The Labute approximate surface area is 170 Å². The lowest BCUT2D eigenvalue weighted by molar-refractivity contribution is -0.118. The molecule has 0 bridgehead atoms. The second-order valence-corrected chi connectivity index (χ2v) is 7.61. The molecule has 1 amide bonds. The number of hydrazone groups is 1. The summed E-state index contributed by atoms with van der Waals surface area (Å²) in [5, 5.41) is 4.64. The van der Waals surface area contributed by atoms with Crippen molar-refractivity contribution in [3.8, 4) is 5.69 Å². The largest absolute Gasteiger partial charge is 0.318 e. The lowest BCUT2D eigenvalue weighted by Crippen LogP contribution is -2.19. The second-order valence-electron chi connectivity index (χ2n) is 5.75. The minimum atomic E-state index is -0.204. The Morgan fingerprint density at radius 1 is 1.26 bits per heavy atom. The van der Waals surface area contributed by atoms with Crippen LogP contribution in [-0.4, -0.2) is 32.4 Å². The molecule has 0 aliphatic rings. The fraction of sp³-hybridized carbons (Fsp3) is 0.158. The molecule has 0 aliphatic heterocycles. The number of nitrogens with one attached hydrogen (secondary N) is 1. The van der Waals surface area contributed by atoms with Gasteiger partial charge in [0.15, 0.2) is 5.16 Å². The van der Waals surface area contributed by atoms with Gasteiger partial charge in [0.25, 0.3) is 5.91 Å². The molecule has 0 unspecified atom stereocenters. The van der Waals surface area contributed by atoms with E-state index in [2.05, 4.69) is 53.1 Å². The number of rotatable bonds is 6. The average Bonchev–Trinajstić information content (AvgIpc) is 2.94. The van der Waals surface area contributed by atoms with Crippen LogP contribution in [-0.2, 0) is 4.79 Å². The third kappa shape index (κ3) is 5.05. The van der Waals surface area contributed by atoms with Gasteiger partial charge < -0.3 is 4.57 Å². The minimum absolute atomic E-state index is 0.204.